The van der Waals surface area contributed by atoms with Crippen LogP contribution in [0.1, 0.15) is 19.4 Å². The van der Waals surface area contributed by atoms with Gasteiger partial charge in [0.2, 0.25) is 5.91 Å². The first-order chi connectivity index (χ1) is 8.84. The fourth-order valence-corrected chi connectivity index (χ4v) is 2.46. The molecule has 0 spiro atoms. The van der Waals surface area contributed by atoms with Crippen molar-refractivity contribution in [1.82, 2.24) is 9.88 Å². The van der Waals surface area contributed by atoms with E-state index in [1.807, 2.05) is 31.9 Å². The molecule has 1 aliphatic rings. The number of likely N-dealkylation sites (N-methyl/N-ethyl adjacent to an activating group) is 1. The van der Waals surface area contributed by atoms with Gasteiger partial charge >= 0.3 is 0 Å². The van der Waals surface area contributed by atoms with E-state index in [4.69, 9.17) is 18.0 Å². The molecule has 0 aliphatic carbocycles. The number of thiocarbonyl (C=S) groups is 1. The molecule has 5 nitrogen and oxygen atoms in total. The summed E-state index contributed by atoms with van der Waals surface area (Å²) in [4.78, 5) is 20.7. The van der Waals surface area contributed by atoms with Gasteiger partial charge in [-0.15, -0.1) is 0 Å². The van der Waals surface area contributed by atoms with Crippen LogP contribution in [0.3, 0.4) is 0 Å². The van der Waals surface area contributed by atoms with E-state index in [9.17, 15) is 4.79 Å². The topological polar surface area (TPSA) is 62.5 Å². The molecule has 0 bridgehead atoms. The van der Waals surface area contributed by atoms with Crippen LogP contribution in [0, 0.1) is 0 Å². The molecule has 0 aromatic carbocycles. The van der Waals surface area contributed by atoms with Gasteiger partial charge in [0.1, 0.15) is 16.3 Å². The van der Waals surface area contributed by atoms with E-state index in [-0.39, 0.29) is 5.91 Å². The van der Waals surface area contributed by atoms with Crippen LogP contribution in [0.2, 0.25) is 0 Å². The van der Waals surface area contributed by atoms with E-state index >= 15 is 0 Å². The fourth-order valence-electron chi connectivity index (χ4n) is 2.33. The van der Waals surface area contributed by atoms with Gasteiger partial charge in [-0.1, -0.05) is 12.2 Å². The van der Waals surface area contributed by atoms with E-state index < -0.39 is 5.54 Å². The molecule has 1 fully saturated rings. The van der Waals surface area contributed by atoms with Crippen molar-refractivity contribution in [1.29, 1.82) is 0 Å². The molecular formula is C13H18N4OS. The Kier molecular flexibility index (Phi) is 3.45. The number of hydrogen-bond donors (Lipinski definition) is 1. The van der Waals surface area contributed by atoms with Gasteiger partial charge in [-0.3, -0.25) is 4.79 Å². The minimum absolute atomic E-state index is 0.0845. The maximum atomic E-state index is 12.3. The fraction of sp³-hybridized carbons (Fsp3) is 0.462. The van der Waals surface area contributed by atoms with Crippen molar-refractivity contribution in [2.24, 2.45) is 5.73 Å². The number of hydrogen-bond acceptors (Lipinski definition) is 4. The molecule has 1 amide bonds. The first kappa shape index (κ1) is 13.7. The Morgan fingerprint density at radius 3 is 2.79 bits per heavy atom. The van der Waals surface area contributed by atoms with E-state index in [0.29, 0.717) is 11.5 Å². The zero-order valence-electron chi connectivity index (χ0n) is 11.4. The lowest BCUT2D eigenvalue weighted by atomic mass is 9.97. The number of rotatable bonds is 2. The summed E-state index contributed by atoms with van der Waals surface area (Å²) in [6, 6.07) is 3.61. The maximum absolute atomic E-state index is 12.3. The molecule has 2 heterocycles. The van der Waals surface area contributed by atoms with Crippen molar-refractivity contribution in [3.63, 3.8) is 0 Å². The van der Waals surface area contributed by atoms with Gasteiger partial charge in [-0.2, -0.15) is 0 Å². The van der Waals surface area contributed by atoms with Crippen molar-refractivity contribution in [2.75, 3.05) is 25.0 Å². The van der Waals surface area contributed by atoms with Crippen LogP contribution >= 0.6 is 12.2 Å². The summed E-state index contributed by atoms with van der Waals surface area (Å²) in [7, 11) is 1.82. The predicted molar refractivity (Wildman–Crippen MR) is 79.2 cm³/mol. The third-order valence-electron chi connectivity index (χ3n) is 3.51. The number of nitrogens with two attached hydrogens (primary N) is 1. The minimum Gasteiger partial charge on any atom is -0.389 e. The zero-order valence-corrected chi connectivity index (χ0v) is 12.2. The third-order valence-corrected chi connectivity index (χ3v) is 3.75. The molecule has 1 aromatic heterocycles. The van der Waals surface area contributed by atoms with Gasteiger partial charge in [-0.05, 0) is 26.0 Å². The van der Waals surface area contributed by atoms with Gasteiger partial charge in [-0.25, -0.2) is 4.98 Å². The number of amides is 1. The van der Waals surface area contributed by atoms with Crippen LogP contribution in [-0.4, -0.2) is 46.5 Å². The molecule has 6 heteroatoms. The summed E-state index contributed by atoms with van der Waals surface area (Å²) < 4.78 is 0. The second-order valence-electron chi connectivity index (χ2n) is 5.20. The highest BCUT2D eigenvalue weighted by atomic mass is 32.1. The lowest BCUT2D eigenvalue weighted by molar-refractivity contribution is -0.136. The molecule has 0 atom stereocenters. The summed E-state index contributed by atoms with van der Waals surface area (Å²) >= 11 is 4.98. The largest absolute Gasteiger partial charge is 0.389 e. The van der Waals surface area contributed by atoms with Crippen molar-refractivity contribution in [2.45, 2.75) is 19.4 Å². The molecule has 0 saturated carbocycles. The summed E-state index contributed by atoms with van der Waals surface area (Å²) in [6.07, 6.45) is 1.67. The Hall–Kier alpha value is -1.69. The number of carbonyl (C=O) groups is 1. The molecule has 0 unspecified atom stereocenters. The first-order valence-electron chi connectivity index (χ1n) is 6.13. The molecule has 19 heavy (non-hydrogen) atoms. The average Bonchev–Trinajstić information content (AvgIpc) is 2.36. The predicted octanol–water partition coefficient (Wildman–Crippen LogP) is 0.773. The standard InChI is InChI=1S/C13H18N4OS/c1-13(2)12(18)16(3)6-7-17(13)10-8-9(11(14)19)4-5-15-10/h4-5,8H,6-7H2,1-3H3,(H2,14,19). The number of carbonyl (C=O) groups excluding carboxylic acids is 1. The Labute approximate surface area is 118 Å². The molecular weight excluding hydrogens is 260 g/mol. The van der Waals surface area contributed by atoms with Crippen molar-refractivity contribution in [3.8, 4) is 0 Å². The molecule has 1 aliphatic heterocycles. The highest BCUT2D eigenvalue weighted by Crippen LogP contribution is 2.27. The normalized spacial score (nSPS) is 18.6. The first-order valence-corrected chi connectivity index (χ1v) is 6.54. The number of nitrogens with zero attached hydrogens (tertiary/aromatic N) is 3. The summed E-state index contributed by atoms with van der Waals surface area (Å²) in [6.45, 7) is 5.23. The Morgan fingerprint density at radius 2 is 2.16 bits per heavy atom. The number of piperazine rings is 1. The van der Waals surface area contributed by atoms with Crippen LogP contribution in [0.25, 0.3) is 0 Å². The van der Waals surface area contributed by atoms with Crippen molar-refractivity contribution < 1.29 is 4.79 Å². The van der Waals surface area contributed by atoms with Crippen molar-refractivity contribution >= 4 is 28.9 Å². The van der Waals surface area contributed by atoms with E-state index in [1.165, 1.54) is 0 Å². The average molecular weight is 278 g/mol. The van der Waals surface area contributed by atoms with Crippen molar-refractivity contribution in [3.05, 3.63) is 23.9 Å². The van der Waals surface area contributed by atoms with E-state index in [1.54, 1.807) is 17.2 Å². The summed E-state index contributed by atoms with van der Waals surface area (Å²) in [5.74, 6) is 0.818. The lowest BCUT2D eigenvalue weighted by Gasteiger charge is -2.45. The zero-order chi connectivity index (χ0) is 14.2. The number of anilines is 1. The molecule has 2 rings (SSSR count). The van der Waals surface area contributed by atoms with Gasteiger partial charge in [0.05, 0.1) is 0 Å². The Bertz CT molecular complexity index is 529. The van der Waals surface area contributed by atoms with Gasteiger partial charge in [0.15, 0.2) is 0 Å². The highest BCUT2D eigenvalue weighted by Gasteiger charge is 2.41. The Morgan fingerprint density at radius 1 is 1.47 bits per heavy atom. The number of aromatic nitrogens is 1. The van der Waals surface area contributed by atoms with E-state index in [2.05, 4.69) is 4.98 Å². The number of pyridine rings is 1. The van der Waals surface area contributed by atoms with Crippen LogP contribution in [0.15, 0.2) is 18.3 Å². The molecule has 102 valence electrons. The maximum Gasteiger partial charge on any atom is 0.247 e. The SMILES string of the molecule is CN1CCN(c2cc(C(N)=S)ccn2)C(C)(C)C1=O. The van der Waals surface area contributed by atoms with Crippen LogP contribution in [0.5, 0.6) is 0 Å². The second-order valence-corrected chi connectivity index (χ2v) is 5.64. The third kappa shape index (κ3) is 2.40. The summed E-state index contributed by atoms with van der Waals surface area (Å²) in [5.41, 5.74) is 5.79. The molecule has 0 radical (unpaired) electrons. The van der Waals surface area contributed by atoms with Crippen LogP contribution < -0.4 is 10.6 Å². The molecule has 1 saturated heterocycles. The van der Waals surface area contributed by atoms with Gasteiger partial charge in [0.25, 0.3) is 0 Å². The van der Waals surface area contributed by atoms with Gasteiger partial charge in [0, 0.05) is 31.9 Å². The van der Waals surface area contributed by atoms with Crippen LogP contribution in [-0.2, 0) is 4.79 Å². The van der Waals surface area contributed by atoms with Crippen LogP contribution in [0.4, 0.5) is 5.82 Å². The Balaban J connectivity index is 2.38. The monoisotopic (exact) mass is 278 g/mol. The second kappa shape index (κ2) is 4.77. The quantitative estimate of drug-likeness (QED) is 0.810. The highest BCUT2D eigenvalue weighted by molar-refractivity contribution is 7.80. The lowest BCUT2D eigenvalue weighted by Crippen LogP contribution is -2.62. The molecule has 1 aromatic rings. The minimum atomic E-state index is -0.616. The van der Waals surface area contributed by atoms with Gasteiger partial charge < -0.3 is 15.5 Å². The van der Waals surface area contributed by atoms with E-state index in [0.717, 1.165) is 17.9 Å². The smallest absolute Gasteiger partial charge is 0.247 e. The molecule has 2 N–H and O–H groups in total. The summed E-state index contributed by atoms with van der Waals surface area (Å²) in [5, 5.41) is 0.